The third kappa shape index (κ3) is 4.26. The summed E-state index contributed by atoms with van der Waals surface area (Å²) in [5.74, 6) is 0.418. The fraction of sp³-hybridized carbons (Fsp3) is 0.0465. The molecular formula is C43H28N2S2. The molecule has 4 heteroatoms. The molecule has 0 fully saturated rings. The van der Waals surface area contributed by atoms with Gasteiger partial charge >= 0.3 is 0 Å². The van der Waals surface area contributed by atoms with Crippen LogP contribution in [0.1, 0.15) is 17.9 Å². The second-order valence-corrected chi connectivity index (χ2v) is 14.4. The van der Waals surface area contributed by atoms with Gasteiger partial charge in [-0.3, -0.25) is 0 Å². The minimum absolute atomic E-state index is 0.418. The molecule has 0 bridgehead atoms. The Morgan fingerprint density at radius 3 is 2.30 bits per heavy atom. The Bertz CT molecular complexity index is 2520. The average molecular weight is 637 g/mol. The van der Waals surface area contributed by atoms with Crippen LogP contribution in [0.15, 0.2) is 152 Å². The Morgan fingerprint density at radius 1 is 0.617 bits per heavy atom. The molecule has 0 radical (unpaired) electrons. The van der Waals surface area contributed by atoms with Gasteiger partial charge in [-0.15, -0.1) is 22.7 Å². The first-order valence-electron chi connectivity index (χ1n) is 16.1. The molecule has 10 rings (SSSR count). The molecule has 0 saturated heterocycles. The van der Waals surface area contributed by atoms with Gasteiger partial charge in [0.05, 0.1) is 16.3 Å². The molecule has 1 unspecified atom stereocenters. The monoisotopic (exact) mass is 636 g/mol. The van der Waals surface area contributed by atoms with E-state index in [-0.39, 0.29) is 0 Å². The summed E-state index contributed by atoms with van der Waals surface area (Å²) < 4.78 is 2.62. The molecule has 222 valence electrons. The first kappa shape index (κ1) is 26.9. The van der Waals surface area contributed by atoms with Gasteiger partial charge in [0.25, 0.3) is 0 Å². The van der Waals surface area contributed by atoms with Crippen molar-refractivity contribution < 1.29 is 0 Å². The van der Waals surface area contributed by atoms with E-state index in [0.29, 0.717) is 5.92 Å². The molecule has 47 heavy (non-hydrogen) atoms. The van der Waals surface area contributed by atoms with Crippen LogP contribution in [0.5, 0.6) is 0 Å². The number of anilines is 3. The van der Waals surface area contributed by atoms with Crippen molar-refractivity contribution >= 4 is 70.7 Å². The van der Waals surface area contributed by atoms with E-state index in [4.69, 9.17) is 4.98 Å². The van der Waals surface area contributed by atoms with Crippen molar-refractivity contribution in [1.29, 1.82) is 0 Å². The lowest BCUT2D eigenvalue weighted by atomic mass is 9.92. The standard InChI is InChI=1S/C43H28N2S2/c1-3-10-27(11-4-1)28-18-20-30(21-19-28)45(31-22-23-33-32-14-7-8-17-38(32)46-39(33)26-31)37-25-24-36-40-34(37)15-9-16-35(40)41-42(36)47-43(44-41)29-12-5-2-6-13-29/h1-10,12-27H,11H2. The molecule has 2 aromatic heterocycles. The van der Waals surface area contributed by atoms with Crippen LogP contribution in [0, 0.1) is 0 Å². The van der Waals surface area contributed by atoms with Gasteiger partial charge < -0.3 is 4.90 Å². The van der Waals surface area contributed by atoms with E-state index >= 15 is 0 Å². The molecule has 2 aliphatic rings. The number of hydrogen-bond acceptors (Lipinski definition) is 4. The van der Waals surface area contributed by atoms with Crippen molar-refractivity contribution in [1.82, 2.24) is 4.98 Å². The third-order valence-electron chi connectivity index (χ3n) is 9.59. The van der Waals surface area contributed by atoms with Crippen molar-refractivity contribution in [3.63, 3.8) is 0 Å². The number of thiazole rings is 1. The molecule has 8 aromatic rings. The summed E-state index contributed by atoms with van der Waals surface area (Å²) in [6.45, 7) is 0. The maximum Gasteiger partial charge on any atom is 0.124 e. The minimum Gasteiger partial charge on any atom is -0.310 e. The maximum absolute atomic E-state index is 5.20. The fourth-order valence-electron chi connectivity index (χ4n) is 7.34. The highest BCUT2D eigenvalue weighted by Crippen LogP contribution is 2.54. The topological polar surface area (TPSA) is 16.1 Å². The first-order valence-corrected chi connectivity index (χ1v) is 17.7. The summed E-state index contributed by atoms with van der Waals surface area (Å²) in [7, 11) is 0. The van der Waals surface area contributed by atoms with Crippen LogP contribution >= 0.6 is 22.7 Å². The quantitative estimate of drug-likeness (QED) is 0.187. The van der Waals surface area contributed by atoms with Gasteiger partial charge in [0.1, 0.15) is 5.01 Å². The molecular weight excluding hydrogens is 609 g/mol. The fourth-order valence-corrected chi connectivity index (χ4v) is 9.60. The van der Waals surface area contributed by atoms with Gasteiger partial charge in [0, 0.05) is 64.9 Å². The highest BCUT2D eigenvalue weighted by atomic mass is 32.1. The zero-order valence-corrected chi connectivity index (χ0v) is 27.1. The Morgan fingerprint density at radius 2 is 1.43 bits per heavy atom. The molecule has 2 nitrogen and oxygen atoms in total. The number of allylic oxidation sites excluding steroid dienone is 4. The van der Waals surface area contributed by atoms with E-state index in [9.17, 15) is 0 Å². The average Bonchev–Trinajstić information content (AvgIpc) is 3.82. The lowest BCUT2D eigenvalue weighted by Gasteiger charge is -2.28. The van der Waals surface area contributed by atoms with Crippen LogP contribution in [0.2, 0.25) is 0 Å². The number of fused-ring (bicyclic) bond motifs is 6. The third-order valence-corrected chi connectivity index (χ3v) is 11.9. The summed E-state index contributed by atoms with van der Waals surface area (Å²) in [5.41, 5.74) is 9.61. The van der Waals surface area contributed by atoms with Crippen molar-refractivity contribution in [3.8, 4) is 32.3 Å². The van der Waals surface area contributed by atoms with E-state index in [1.54, 1.807) is 11.3 Å². The second-order valence-electron chi connectivity index (χ2n) is 12.3. The highest BCUT2D eigenvalue weighted by molar-refractivity contribution is 7.25. The van der Waals surface area contributed by atoms with Gasteiger partial charge in [-0.1, -0.05) is 115 Å². The van der Waals surface area contributed by atoms with E-state index in [2.05, 4.69) is 157 Å². The number of aromatic nitrogens is 1. The van der Waals surface area contributed by atoms with Crippen molar-refractivity contribution in [2.45, 2.75) is 12.3 Å². The molecule has 0 amide bonds. The summed E-state index contributed by atoms with van der Waals surface area (Å²) in [6, 6.07) is 46.8. The van der Waals surface area contributed by atoms with Crippen molar-refractivity contribution in [2.24, 2.45) is 0 Å². The zero-order valence-electron chi connectivity index (χ0n) is 25.4. The zero-order chi connectivity index (χ0) is 30.9. The molecule has 0 spiro atoms. The molecule has 6 aromatic carbocycles. The maximum atomic E-state index is 5.20. The normalized spacial score (nSPS) is 14.8. The van der Waals surface area contributed by atoms with E-state index in [1.165, 1.54) is 63.8 Å². The molecule has 2 aliphatic carbocycles. The SMILES string of the molecule is C1=CCC(c2ccc(N(c3ccc4c(c3)sc3ccccc34)c3ccc4c5c(cccc35)-c3nc(-c5ccccc5)sc3-4)cc2)C=C1. The molecule has 0 saturated carbocycles. The second kappa shape index (κ2) is 10.6. The summed E-state index contributed by atoms with van der Waals surface area (Å²) >= 11 is 3.66. The van der Waals surface area contributed by atoms with Crippen LogP contribution in [0.4, 0.5) is 17.1 Å². The van der Waals surface area contributed by atoms with Crippen LogP contribution < -0.4 is 4.90 Å². The Balaban J connectivity index is 1.15. The Labute approximate surface area is 281 Å². The molecule has 0 N–H and O–H groups in total. The largest absolute Gasteiger partial charge is 0.310 e. The lowest BCUT2D eigenvalue weighted by Crippen LogP contribution is -2.11. The minimum atomic E-state index is 0.418. The molecule has 2 heterocycles. The Hall–Kier alpha value is -5.29. The van der Waals surface area contributed by atoms with Gasteiger partial charge in [-0.25, -0.2) is 4.98 Å². The van der Waals surface area contributed by atoms with E-state index in [1.807, 2.05) is 11.3 Å². The smallest absolute Gasteiger partial charge is 0.124 e. The van der Waals surface area contributed by atoms with Crippen LogP contribution in [-0.4, -0.2) is 4.98 Å². The number of rotatable bonds is 5. The van der Waals surface area contributed by atoms with E-state index in [0.717, 1.165) is 28.5 Å². The first-order chi connectivity index (χ1) is 23.3. The molecule has 1 atom stereocenters. The van der Waals surface area contributed by atoms with Crippen molar-refractivity contribution in [2.75, 3.05) is 4.90 Å². The van der Waals surface area contributed by atoms with Gasteiger partial charge in [0.2, 0.25) is 0 Å². The van der Waals surface area contributed by atoms with Crippen LogP contribution in [0.3, 0.4) is 0 Å². The van der Waals surface area contributed by atoms with Crippen LogP contribution in [0.25, 0.3) is 63.2 Å². The number of hydrogen-bond donors (Lipinski definition) is 0. The number of thiophene rings is 1. The number of nitrogens with zero attached hydrogens (tertiary/aromatic N) is 2. The number of benzene rings is 6. The van der Waals surface area contributed by atoms with E-state index < -0.39 is 0 Å². The summed E-state index contributed by atoms with van der Waals surface area (Å²) in [4.78, 5) is 8.91. The van der Waals surface area contributed by atoms with Crippen LogP contribution in [-0.2, 0) is 0 Å². The molecule has 0 aliphatic heterocycles. The van der Waals surface area contributed by atoms with Gasteiger partial charge in [0.15, 0.2) is 0 Å². The predicted molar refractivity (Wildman–Crippen MR) is 203 cm³/mol. The van der Waals surface area contributed by atoms with Crippen molar-refractivity contribution in [3.05, 3.63) is 157 Å². The summed E-state index contributed by atoms with van der Waals surface area (Å²) in [6.07, 6.45) is 9.91. The van der Waals surface area contributed by atoms with Gasteiger partial charge in [-0.05, 0) is 48.4 Å². The summed E-state index contributed by atoms with van der Waals surface area (Å²) in [5, 5.41) is 6.24. The lowest BCUT2D eigenvalue weighted by molar-refractivity contribution is 0.854. The predicted octanol–water partition coefficient (Wildman–Crippen LogP) is 13.0. The Kier molecular flexibility index (Phi) is 6.08. The van der Waals surface area contributed by atoms with Gasteiger partial charge in [-0.2, -0.15) is 0 Å². The highest BCUT2D eigenvalue weighted by Gasteiger charge is 2.29.